The molecule has 3 rings (SSSR count). The second-order valence-electron chi connectivity index (χ2n) is 5.15. The lowest BCUT2D eigenvalue weighted by Crippen LogP contribution is -2.51. The van der Waals surface area contributed by atoms with Gasteiger partial charge in [0.05, 0.1) is 4.90 Å². The molecule has 2 saturated heterocycles. The SMILES string of the molecule is O=S(=O)(c1ccc(Cl)cc1)N1CCN2CCC[C@H]2C1. The Hall–Kier alpha value is -0.620. The Morgan fingerprint density at radius 2 is 1.84 bits per heavy atom. The number of fused-ring (bicyclic) bond motifs is 1. The molecule has 4 nitrogen and oxygen atoms in total. The van der Waals surface area contributed by atoms with Crippen molar-refractivity contribution in [2.24, 2.45) is 0 Å². The van der Waals surface area contributed by atoms with E-state index in [1.54, 1.807) is 28.6 Å². The molecule has 2 fully saturated rings. The maximum Gasteiger partial charge on any atom is 0.243 e. The summed E-state index contributed by atoms with van der Waals surface area (Å²) in [6.07, 6.45) is 2.28. The zero-order valence-electron chi connectivity index (χ0n) is 10.6. The molecule has 0 spiro atoms. The standard InChI is InChI=1S/C13H17ClN2O2S/c14-11-3-5-13(6-4-11)19(17,18)16-9-8-15-7-1-2-12(15)10-16/h3-6,12H,1-2,7-10H2/t12-/m0/s1. The van der Waals surface area contributed by atoms with Gasteiger partial charge in [-0.05, 0) is 43.7 Å². The van der Waals surface area contributed by atoms with Crippen molar-refractivity contribution < 1.29 is 8.42 Å². The Kier molecular flexibility index (Phi) is 3.55. The summed E-state index contributed by atoms with van der Waals surface area (Å²) >= 11 is 5.81. The number of rotatable bonds is 2. The Morgan fingerprint density at radius 3 is 2.58 bits per heavy atom. The van der Waals surface area contributed by atoms with Gasteiger partial charge in [0.25, 0.3) is 0 Å². The van der Waals surface area contributed by atoms with E-state index < -0.39 is 10.0 Å². The molecule has 1 aromatic carbocycles. The summed E-state index contributed by atoms with van der Waals surface area (Å²) < 4.78 is 26.7. The average Bonchev–Trinajstić information content (AvgIpc) is 2.86. The number of hydrogen-bond acceptors (Lipinski definition) is 3. The van der Waals surface area contributed by atoms with E-state index in [0.29, 0.717) is 29.0 Å². The molecule has 0 radical (unpaired) electrons. The van der Waals surface area contributed by atoms with E-state index in [-0.39, 0.29) is 0 Å². The van der Waals surface area contributed by atoms with E-state index in [9.17, 15) is 8.42 Å². The first-order chi connectivity index (χ1) is 9.07. The van der Waals surface area contributed by atoms with Crippen LogP contribution in [-0.4, -0.2) is 49.8 Å². The molecule has 2 aliphatic heterocycles. The van der Waals surface area contributed by atoms with Gasteiger partial charge >= 0.3 is 0 Å². The van der Waals surface area contributed by atoms with Crippen LogP contribution in [0, 0.1) is 0 Å². The van der Waals surface area contributed by atoms with Crippen LogP contribution < -0.4 is 0 Å². The summed E-state index contributed by atoms with van der Waals surface area (Å²) in [5.41, 5.74) is 0. The molecule has 1 atom stereocenters. The van der Waals surface area contributed by atoms with Gasteiger partial charge in [-0.25, -0.2) is 8.42 Å². The molecular formula is C13H17ClN2O2S. The Bertz CT molecular complexity index is 559. The topological polar surface area (TPSA) is 40.6 Å². The van der Waals surface area contributed by atoms with Crippen molar-refractivity contribution in [2.45, 2.75) is 23.8 Å². The molecule has 0 saturated carbocycles. The van der Waals surface area contributed by atoms with E-state index >= 15 is 0 Å². The molecule has 0 aliphatic carbocycles. The second-order valence-corrected chi connectivity index (χ2v) is 7.52. The highest BCUT2D eigenvalue weighted by Crippen LogP contribution is 2.26. The maximum atomic E-state index is 12.6. The summed E-state index contributed by atoms with van der Waals surface area (Å²) in [6.45, 7) is 3.16. The van der Waals surface area contributed by atoms with Gasteiger partial charge in [0.2, 0.25) is 10.0 Å². The summed E-state index contributed by atoms with van der Waals surface area (Å²) in [5.74, 6) is 0. The zero-order chi connectivity index (χ0) is 13.5. The van der Waals surface area contributed by atoms with Crippen LogP contribution in [0.3, 0.4) is 0 Å². The predicted octanol–water partition coefficient (Wildman–Crippen LogP) is 1.81. The van der Waals surface area contributed by atoms with Gasteiger partial charge < -0.3 is 0 Å². The van der Waals surface area contributed by atoms with Crippen LogP contribution in [0.1, 0.15) is 12.8 Å². The van der Waals surface area contributed by atoms with Crippen molar-refractivity contribution in [3.05, 3.63) is 29.3 Å². The second kappa shape index (κ2) is 5.05. The summed E-state index contributed by atoms with van der Waals surface area (Å²) in [7, 11) is -3.37. The van der Waals surface area contributed by atoms with Crippen molar-refractivity contribution in [3.8, 4) is 0 Å². The normalized spacial score (nSPS) is 25.4. The fourth-order valence-corrected chi connectivity index (χ4v) is 4.53. The van der Waals surface area contributed by atoms with Crippen molar-refractivity contribution in [3.63, 3.8) is 0 Å². The van der Waals surface area contributed by atoms with Gasteiger partial charge in [-0.3, -0.25) is 4.90 Å². The number of nitrogens with zero attached hydrogens (tertiary/aromatic N) is 2. The molecular weight excluding hydrogens is 284 g/mol. The Labute approximate surface area is 119 Å². The van der Waals surface area contributed by atoms with Crippen molar-refractivity contribution in [2.75, 3.05) is 26.2 Å². The zero-order valence-corrected chi connectivity index (χ0v) is 12.2. The largest absolute Gasteiger partial charge is 0.298 e. The summed E-state index contributed by atoms with van der Waals surface area (Å²) in [5, 5.41) is 0.555. The monoisotopic (exact) mass is 300 g/mol. The van der Waals surface area contributed by atoms with E-state index in [2.05, 4.69) is 4.90 Å². The fraction of sp³-hybridized carbons (Fsp3) is 0.538. The van der Waals surface area contributed by atoms with Gasteiger partial charge in [0, 0.05) is 30.7 Å². The summed E-state index contributed by atoms with van der Waals surface area (Å²) in [6, 6.07) is 6.81. The fourth-order valence-electron chi connectivity index (χ4n) is 2.94. The number of piperazine rings is 1. The van der Waals surface area contributed by atoms with Crippen molar-refractivity contribution >= 4 is 21.6 Å². The molecule has 0 unspecified atom stereocenters. The lowest BCUT2D eigenvalue weighted by Gasteiger charge is -2.36. The van der Waals surface area contributed by atoms with Crippen LogP contribution in [0.25, 0.3) is 0 Å². The molecule has 0 N–H and O–H groups in total. The number of sulfonamides is 1. The van der Waals surface area contributed by atoms with Gasteiger partial charge in [0.15, 0.2) is 0 Å². The first-order valence-electron chi connectivity index (χ1n) is 6.57. The maximum absolute atomic E-state index is 12.6. The lowest BCUT2D eigenvalue weighted by atomic mass is 10.2. The molecule has 0 amide bonds. The molecule has 2 aliphatic rings. The van der Waals surface area contributed by atoms with Crippen LogP contribution in [0.4, 0.5) is 0 Å². The first-order valence-corrected chi connectivity index (χ1v) is 8.39. The van der Waals surface area contributed by atoms with Crippen molar-refractivity contribution in [1.82, 2.24) is 9.21 Å². The van der Waals surface area contributed by atoms with E-state index in [1.807, 2.05) is 0 Å². The third kappa shape index (κ3) is 2.52. The van der Waals surface area contributed by atoms with Gasteiger partial charge in [-0.15, -0.1) is 0 Å². The highest BCUT2D eigenvalue weighted by atomic mass is 35.5. The number of halogens is 1. The molecule has 19 heavy (non-hydrogen) atoms. The molecule has 1 aromatic rings. The van der Waals surface area contributed by atoms with Gasteiger partial charge in [-0.2, -0.15) is 4.31 Å². The van der Waals surface area contributed by atoms with Crippen LogP contribution in [-0.2, 0) is 10.0 Å². The lowest BCUT2D eigenvalue weighted by molar-refractivity contribution is 0.158. The summed E-state index contributed by atoms with van der Waals surface area (Å²) in [4.78, 5) is 2.73. The van der Waals surface area contributed by atoms with Crippen molar-refractivity contribution in [1.29, 1.82) is 0 Å². The smallest absolute Gasteiger partial charge is 0.243 e. The average molecular weight is 301 g/mol. The molecule has 0 bridgehead atoms. The Balaban J connectivity index is 1.82. The van der Waals surface area contributed by atoms with E-state index in [1.165, 1.54) is 6.42 Å². The minimum absolute atomic E-state index is 0.336. The van der Waals surface area contributed by atoms with Crippen LogP contribution >= 0.6 is 11.6 Å². The van der Waals surface area contributed by atoms with Gasteiger partial charge in [0.1, 0.15) is 0 Å². The molecule has 0 aromatic heterocycles. The molecule has 6 heteroatoms. The Morgan fingerprint density at radius 1 is 1.11 bits per heavy atom. The minimum atomic E-state index is -3.37. The van der Waals surface area contributed by atoms with Crippen LogP contribution in [0.2, 0.25) is 5.02 Å². The number of benzene rings is 1. The van der Waals surface area contributed by atoms with Gasteiger partial charge in [-0.1, -0.05) is 11.6 Å². The first kappa shape index (κ1) is 13.4. The molecule has 2 heterocycles. The van der Waals surface area contributed by atoms with E-state index in [4.69, 9.17) is 11.6 Å². The minimum Gasteiger partial charge on any atom is -0.298 e. The third-order valence-corrected chi connectivity index (χ3v) is 6.13. The number of hydrogen-bond donors (Lipinski definition) is 0. The predicted molar refractivity (Wildman–Crippen MR) is 74.8 cm³/mol. The van der Waals surface area contributed by atoms with Crippen LogP contribution in [0.15, 0.2) is 29.2 Å². The molecule has 104 valence electrons. The highest BCUT2D eigenvalue weighted by molar-refractivity contribution is 7.89. The van der Waals surface area contributed by atoms with Crippen LogP contribution in [0.5, 0.6) is 0 Å². The third-order valence-electron chi connectivity index (χ3n) is 4.00. The highest BCUT2D eigenvalue weighted by Gasteiger charge is 2.36. The van der Waals surface area contributed by atoms with E-state index in [0.717, 1.165) is 19.5 Å². The quantitative estimate of drug-likeness (QED) is 0.836.